The van der Waals surface area contributed by atoms with Gasteiger partial charge < -0.3 is 36.3 Å². The maximum Gasteiger partial charge on any atom is 0.298 e. The summed E-state index contributed by atoms with van der Waals surface area (Å²) in [5, 5.41) is 0. The molecule has 2 saturated carbocycles. The first-order valence-electron chi connectivity index (χ1n) is 4.67. The molecule has 0 aromatic heterocycles. The molecule has 2 nitrogen and oxygen atoms in total. The third-order valence-corrected chi connectivity index (χ3v) is 2.85. The lowest BCUT2D eigenvalue weighted by Crippen LogP contribution is -3.00. The van der Waals surface area contributed by atoms with Crippen molar-refractivity contribution in [3.05, 3.63) is 0 Å². The molecule has 2 aliphatic rings. The zero-order valence-corrected chi connectivity index (χ0v) is 10.2. The monoisotopic (exact) mass is 286 g/mol. The summed E-state index contributed by atoms with van der Waals surface area (Å²) in [4.78, 5) is 0. The minimum Gasteiger partial charge on any atom is -1.00 e. The number of hydrogen-bond acceptors (Lipinski definition) is 0. The molecule has 2 fully saturated rings. The summed E-state index contributed by atoms with van der Waals surface area (Å²) in [6.07, 6.45) is 1.27. The van der Waals surface area contributed by atoms with E-state index in [4.69, 9.17) is 0 Å². The molecule has 0 spiro atoms. The van der Waals surface area contributed by atoms with Crippen molar-refractivity contribution >= 4 is 0 Å². The van der Waals surface area contributed by atoms with Crippen LogP contribution in [0.3, 0.4) is 0 Å². The van der Waals surface area contributed by atoms with Crippen LogP contribution in [0.2, 0.25) is 0 Å². The van der Waals surface area contributed by atoms with E-state index in [-0.39, 0.29) is 37.7 Å². The van der Waals surface area contributed by atoms with Gasteiger partial charge in [0.2, 0.25) is 0 Å². The van der Waals surface area contributed by atoms with Crippen LogP contribution in [0.4, 0.5) is 17.6 Å². The fraction of sp³-hybridized carbons (Fsp3) is 1.00. The smallest absolute Gasteiger partial charge is 0.298 e. The molecule has 100 valence electrons. The number of quaternary nitrogens is 2. The highest BCUT2D eigenvalue weighted by Crippen LogP contribution is 2.34. The molecular weight excluding hydrogens is 271 g/mol. The molecule has 0 aromatic carbocycles. The van der Waals surface area contributed by atoms with E-state index in [0.29, 0.717) is 12.8 Å². The minimum absolute atomic E-state index is 0. The summed E-state index contributed by atoms with van der Waals surface area (Å²) < 4.78 is 47.5. The predicted molar refractivity (Wildman–Crippen MR) is 41.7 cm³/mol. The summed E-state index contributed by atoms with van der Waals surface area (Å²) in [5.41, 5.74) is 6.49. The van der Waals surface area contributed by atoms with E-state index in [1.807, 2.05) is 0 Å². The SMILES string of the molecule is [Cl-].[Cl-].[NH3+][C@@H]1CCC1(F)F.[NH3+][C@H]1CCC1(F)F. The second-order valence-corrected chi connectivity index (χ2v) is 3.99. The maximum atomic E-state index is 11.9. The number of halogens is 6. The molecule has 0 saturated heterocycles. The van der Waals surface area contributed by atoms with Gasteiger partial charge in [-0.1, -0.05) is 0 Å². The Morgan fingerprint density at radius 2 is 0.938 bits per heavy atom. The fourth-order valence-electron chi connectivity index (χ4n) is 1.13. The van der Waals surface area contributed by atoms with E-state index in [1.54, 1.807) is 0 Å². The summed E-state index contributed by atoms with van der Waals surface area (Å²) in [5.74, 6) is -4.86. The van der Waals surface area contributed by atoms with Crippen molar-refractivity contribution in [2.45, 2.75) is 49.6 Å². The third kappa shape index (κ3) is 4.24. The van der Waals surface area contributed by atoms with Crippen LogP contribution < -0.4 is 36.3 Å². The van der Waals surface area contributed by atoms with E-state index in [2.05, 4.69) is 11.5 Å². The van der Waals surface area contributed by atoms with Gasteiger partial charge in [-0.25, -0.2) is 17.6 Å². The van der Waals surface area contributed by atoms with Crippen molar-refractivity contribution in [1.29, 1.82) is 0 Å². The fourth-order valence-corrected chi connectivity index (χ4v) is 1.13. The zero-order valence-electron chi connectivity index (χ0n) is 8.67. The molecule has 8 heteroatoms. The van der Waals surface area contributed by atoms with Crippen molar-refractivity contribution in [3.8, 4) is 0 Å². The van der Waals surface area contributed by atoms with Gasteiger partial charge in [-0.2, -0.15) is 0 Å². The highest BCUT2D eigenvalue weighted by atomic mass is 35.5. The summed E-state index contributed by atoms with van der Waals surface area (Å²) >= 11 is 0. The molecule has 2 aliphatic carbocycles. The average molecular weight is 287 g/mol. The Balaban J connectivity index is 0. The molecule has 0 aromatic rings. The van der Waals surface area contributed by atoms with Gasteiger partial charge >= 0.3 is 0 Å². The molecule has 0 unspecified atom stereocenters. The van der Waals surface area contributed by atoms with Crippen LogP contribution in [-0.2, 0) is 0 Å². The molecule has 6 N–H and O–H groups in total. The van der Waals surface area contributed by atoms with Crippen molar-refractivity contribution in [3.63, 3.8) is 0 Å². The normalized spacial score (nSPS) is 32.6. The van der Waals surface area contributed by atoms with E-state index in [9.17, 15) is 17.6 Å². The van der Waals surface area contributed by atoms with Gasteiger partial charge in [0.25, 0.3) is 11.8 Å². The molecule has 0 aliphatic heterocycles. The van der Waals surface area contributed by atoms with Gasteiger partial charge in [-0.15, -0.1) is 0 Å². The Hall–Kier alpha value is 0.220. The quantitative estimate of drug-likeness (QED) is 0.417. The minimum atomic E-state index is -2.43. The van der Waals surface area contributed by atoms with Gasteiger partial charge in [0.05, 0.1) is 0 Å². The number of alkyl halides is 4. The lowest BCUT2D eigenvalue weighted by atomic mass is 9.89. The Morgan fingerprint density at radius 1 is 0.750 bits per heavy atom. The molecule has 16 heavy (non-hydrogen) atoms. The molecular formula is C8H16Cl2F4N2. The highest BCUT2D eigenvalue weighted by molar-refractivity contribution is 4.86. The topological polar surface area (TPSA) is 55.3 Å². The van der Waals surface area contributed by atoms with Gasteiger partial charge in [-0.05, 0) is 0 Å². The van der Waals surface area contributed by atoms with Crippen LogP contribution >= 0.6 is 0 Å². The van der Waals surface area contributed by atoms with Crippen molar-refractivity contribution in [2.24, 2.45) is 0 Å². The first-order chi connectivity index (χ1) is 6.26. The van der Waals surface area contributed by atoms with Gasteiger partial charge in [-0.3, -0.25) is 0 Å². The molecule has 0 bridgehead atoms. The molecule has 2 atom stereocenters. The van der Waals surface area contributed by atoms with Crippen molar-refractivity contribution in [2.75, 3.05) is 0 Å². The van der Waals surface area contributed by atoms with E-state index in [1.165, 1.54) is 0 Å². The first-order valence-corrected chi connectivity index (χ1v) is 4.67. The van der Waals surface area contributed by atoms with Crippen LogP contribution in [0.25, 0.3) is 0 Å². The summed E-state index contributed by atoms with van der Waals surface area (Å²) in [6, 6.07) is -1.21. The van der Waals surface area contributed by atoms with E-state index < -0.39 is 23.9 Å². The van der Waals surface area contributed by atoms with Crippen molar-refractivity contribution in [1.82, 2.24) is 0 Å². The van der Waals surface area contributed by atoms with Gasteiger partial charge in [0, 0.05) is 25.7 Å². The molecule has 0 amide bonds. The third-order valence-electron chi connectivity index (χ3n) is 2.85. The summed E-state index contributed by atoms with van der Waals surface area (Å²) in [7, 11) is 0. The Kier molecular flexibility index (Phi) is 7.24. The van der Waals surface area contributed by atoms with Crippen molar-refractivity contribution < 1.29 is 53.8 Å². The van der Waals surface area contributed by atoms with Crippen LogP contribution in [0.1, 0.15) is 25.7 Å². The van der Waals surface area contributed by atoms with E-state index >= 15 is 0 Å². The maximum absolute atomic E-state index is 11.9. The highest BCUT2D eigenvalue weighted by Gasteiger charge is 2.49. The van der Waals surface area contributed by atoms with E-state index in [0.717, 1.165) is 0 Å². The Bertz CT molecular complexity index is 194. The number of hydrogen-bond donors (Lipinski definition) is 2. The largest absolute Gasteiger partial charge is 1.00 e. The lowest BCUT2D eigenvalue weighted by molar-refractivity contribution is -0.488. The average Bonchev–Trinajstić information content (AvgIpc) is 2.14. The standard InChI is InChI=1S/2C4H7F2N.2ClH/c2*5-4(6)2-1-3(4)7;;/h2*3H,1-2,7H2;2*1H/t2*3-;;/m10../s1. The van der Waals surface area contributed by atoms with Gasteiger partial charge in [0.15, 0.2) is 0 Å². The molecule has 0 heterocycles. The Morgan fingerprint density at radius 3 is 0.938 bits per heavy atom. The molecule has 0 radical (unpaired) electrons. The van der Waals surface area contributed by atoms with Crippen LogP contribution in [-0.4, -0.2) is 23.9 Å². The van der Waals surface area contributed by atoms with Crippen LogP contribution in [0.15, 0.2) is 0 Å². The number of rotatable bonds is 0. The zero-order chi connectivity index (χ0) is 11.0. The summed E-state index contributed by atoms with van der Waals surface area (Å²) in [6.45, 7) is 0. The molecule has 2 rings (SSSR count). The second-order valence-electron chi connectivity index (χ2n) is 3.99. The van der Waals surface area contributed by atoms with Crippen LogP contribution in [0.5, 0.6) is 0 Å². The Labute approximate surface area is 104 Å². The van der Waals surface area contributed by atoms with Gasteiger partial charge in [0.1, 0.15) is 12.1 Å². The predicted octanol–water partition coefficient (Wildman–Crippen LogP) is -5.94. The van der Waals surface area contributed by atoms with Crippen LogP contribution in [0, 0.1) is 0 Å². The second kappa shape index (κ2) is 6.23. The first kappa shape index (κ1) is 18.6. The lowest BCUT2D eigenvalue weighted by Gasteiger charge is -2.29.